The number of rotatable bonds is 0. The van der Waals surface area contributed by atoms with Gasteiger partial charge in [0, 0.05) is 0 Å². The molecule has 0 spiro atoms. The Morgan fingerprint density at radius 3 is 0.857 bits per heavy atom. The van der Waals surface area contributed by atoms with Crippen molar-refractivity contribution in [3.63, 3.8) is 0 Å². The molecule has 40 valence electrons. The van der Waals surface area contributed by atoms with Crippen LogP contribution < -0.4 is 0 Å². The molecule has 0 aliphatic carbocycles. The molecule has 7 heteroatoms. The van der Waals surface area contributed by atoms with Crippen LogP contribution in [0.5, 0.6) is 0 Å². The number of hydrogen-bond donors (Lipinski definition) is 4. The van der Waals surface area contributed by atoms with Crippen molar-refractivity contribution in [2.45, 2.75) is 0 Å². The molecule has 0 amide bonds. The average Bonchev–Trinajstić information content (AvgIpc) is 0.722. The van der Waals surface area contributed by atoms with E-state index in [1.54, 1.807) is 0 Å². The molecular formula is H4O5SiZn. The Morgan fingerprint density at radius 1 is 0.857 bits per heavy atom. The van der Waals surface area contributed by atoms with Crippen LogP contribution in [-0.4, -0.2) is 28.2 Å². The second-order valence-corrected chi connectivity index (χ2v) is 1.80. The maximum Gasteiger partial charge on any atom is 2.00 e. The molecule has 0 saturated heterocycles. The summed E-state index contributed by atoms with van der Waals surface area (Å²) in [6.45, 7) is 0. The summed E-state index contributed by atoms with van der Waals surface area (Å²) in [6.07, 6.45) is 0. The van der Waals surface area contributed by atoms with Crippen LogP contribution >= 0.6 is 0 Å². The first-order valence-corrected chi connectivity index (χ1v) is 2.68. The van der Waals surface area contributed by atoms with Gasteiger partial charge in [-0.3, -0.25) is 0 Å². The van der Waals surface area contributed by atoms with E-state index in [1.165, 1.54) is 0 Å². The largest absolute Gasteiger partial charge is 2.00 e. The van der Waals surface area contributed by atoms with Crippen molar-refractivity contribution in [1.82, 2.24) is 0 Å². The third-order valence-corrected chi connectivity index (χ3v) is 0. The van der Waals surface area contributed by atoms with Gasteiger partial charge in [-0.1, -0.05) is 0 Å². The summed E-state index contributed by atoms with van der Waals surface area (Å²) in [4.78, 5) is 29.3. The van der Waals surface area contributed by atoms with Gasteiger partial charge in [-0.2, -0.15) is 0 Å². The summed E-state index contributed by atoms with van der Waals surface area (Å²) in [7, 11) is -4.61. The quantitative estimate of drug-likeness (QED) is 0.301. The van der Waals surface area contributed by atoms with Crippen LogP contribution in [0.25, 0.3) is 0 Å². The average molecular weight is 178 g/mol. The normalized spacial score (nSPS) is 8.57. The third kappa shape index (κ3) is 349. The summed E-state index contributed by atoms with van der Waals surface area (Å²) >= 11 is 0. The van der Waals surface area contributed by atoms with Gasteiger partial charge in [0.05, 0.1) is 0 Å². The van der Waals surface area contributed by atoms with Crippen molar-refractivity contribution in [3.8, 4) is 0 Å². The molecule has 0 atom stereocenters. The first-order valence-electron chi connectivity index (χ1n) is 0.894. The molecule has 0 aliphatic rings. The van der Waals surface area contributed by atoms with Crippen molar-refractivity contribution in [3.05, 3.63) is 0 Å². The smallest absolute Gasteiger partial charge is 2.00 e. The monoisotopic (exact) mass is 176 g/mol. The van der Waals surface area contributed by atoms with Crippen LogP contribution in [-0.2, 0) is 25.0 Å². The van der Waals surface area contributed by atoms with E-state index in [9.17, 15) is 0 Å². The van der Waals surface area contributed by atoms with Crippen LogP contribution in [0.1, 0.15) is 0 Å². The molecule has 0 saturated carbocycles. The Hall–Kier alpha value is 0.640. The van der Waals surface area contributed by atoms with E-state index in [0.29, 0.717) is 0 Å². The SMILES string of the molecule is O[Si](O)(O)O.[O-2].[Zn+2]. The van der Waals surface area contributed by atoms with Crippen LogP contribution in [0.2, 0.25) is 0 Å². The fourth-order valence-corrected chi connectivity index (χ4v) is 0. The predicted molar refractivity (Wildman–Crippen MR) is 15.3 cm³/mol. The van der Waals surface area contributed by atoms with E-state index in [0.717, 1.165) is 0 Å². The molecule has 7 heavy (non-hydrogen) atoms. The van der Waals surface area contributed by atoms with E-state index >= 15 is 0 Å². The minimum atomic E-state index is -4.61. The van der Waals surface area contributed by atoms with Crippen molar-refractivity contribution in [2.75, 3.05) is 0 Å². The minimum absolute atomic E-state index is 0. The molecule has 0 aromatic heterocycles. The van der Waals surface area contributed by atoms with Gasteiger partial charge in [-0.05, 0) is 0 Å². The van der Waals surface area contributed by atoms with Gasteiger partial charge in [0.25, 0.3) is 0 Å². The Morgan fingerprint density at radius 2 is 0.857 bits per heavy atom. The first-order chi connectivity index (χ1) is 2.00. The topological polar surface area (TPSA) is 109 Å². The van der Waals surface area contributed by atoms with E-state index in [-0.39, 0.29) is 25.0 Å². The second kappa shape index (κ2) is 4.79. The molecule has 4 N–H and O–H groups in total. The van der Waals surface area contributed by atoms with Crippen LogP contribution in [0.4, 0.5) is 0 Å². The summed E-state index contributed by atoms with van der Waals surface area (Å²) < 4.78 is 0. The molecule has 0 heterocycles. The van der Waals surface area contributed by atoms with Crippen molar-refractivity contribution >= 4 is 9.05 Å². The fraction of sp³-hybridized carbons (Fsp3) is 0. The fourth-order valence-electron chi connectivity index (χ4n) is 0. The van der Waals surface area contributed by atoms with Gasteiger partial charge in [0.2, 0.25) is 0 Å². The van der Waals surface area contributed by atoms with Crippen LogP contribution in [0.3, 0.4) is 0 Å². The van der Waals surface area contributed by atoms with Gasteiger partial charge in [-0.25, -0.2) is 0 Å². The standard InChI is InChI=1S/H4O4Si.O.Zn/c1-5(2,3)4;;/h1-4H;;/q;-2;+2. The molecule has 0 radical (unpaired) electrons. The Kier molecular flexibility index (Phi) is 10.7. The summed E-state index contributed by atoms with van der Waals surface area (Å²) in [5, 5.41) is 0. The minimum Gasteiger partial charge on any atom is -2.00 e. The van der Waals surface area contributed by atoms with Gasteiger partial charge in [0.1, 0.15) is 0 Å². The molecular weight excluding hydrogens is 173 g/mol. The summed E-state index contributed by atoms with van der Waals surface area (Å²) in [6, 6.07) is 0. The molecule has 0 aromatic rings. The summed E-state index contributed by atoms with van der Waals surface area (Å²) in [5.74, 6) is 0. The van der Waals surface area contributed by atoms with Crippen molar-refractivity contribution in [1.29, 1.82) is 0 Å². The molecule has 0 rings (SSSR count). The van der Waals surface area contributed by atoms with E-state index in [2.05, 4.69) is 0 Å². The second-order valence-electron chi connectivity index (χ2n) is 0.600. The molecule has 0 aliphatic heterocycles. The van der Waals surface area contributed by atoms with Crippen LogP contribution in [0, 0.1) is 0 Å². The molecule has 0 fully saturated rings. The molecule has 0 unspecified atom stereocenters. The van der Waals surface area contributed by atoms with Gasteiger partial charge in [-0.15, -0.1) is 0 Å². The first kappa shape index (κ1) is 15.6. The van der Waals surface area contributed by atoms with Gasteiger partial charge in [0.15, 0.2) is 0 Å². The Labute approximate surface area is 53.8 Å². The molecule has 0 bridgehead atoms. The Balaban J connectivity index is -0.0000000800. The maximum absolute atomic E-state index is 7.33. The zero-order valence-corrected chi connectivity index (χ0v) is 7.37. The van der Waals surface area contributed by atoms with Crippen LogP contribution in [0.15, 0.2) is 0 Å². The molecule has 0 aromatic carbocycles. The third-order valence-electron chi connectivity index (χ3n) is 0. The van der Waals surface area contributed by atoms with Gasteiger partial charge < -0.3 is 24.7 Å². The summed E-state index contributed by atoms with van der Waals surface area (Å²) in [5.41, 5.74) is 0. The Bertz CT molecular complexity index is 23.6. The zero-order chi connectivity index (χ0) is 4.50. The predicted octanol–water partition coefficient (Wildman–Crippen LogP) is -2.73. The van der Waals surface area contributed by atoms with E-state index in [1.807, 2.05) is 0 Å². The van der Waals surface area contributed by atoms with Gasteiger partial charge >= 0.3 is 28.5 Å². The van der Waals surface area contributed by atoms with Crippen molar-refractivity contribution < 1.29 is 44.1 Å². The molecule has 5 nitrogen and oxygen atoms in total. The van der Waals surface area contributed by atoms with Crippen molar-refractivity contribution in [2.24, 2.45) is 0 Å². The number of hydrogen-bond acceptors (Lipinski definition) is 4. The maximum atomic E-state index is 7.33. The van der Waals surface area contributed by atoms with E-state index < -0.39 is 9.05 Å². The van der Waals surface area contributed by atoms with E-state index in [4.69, 9.17) is 19.2 Å². The zero-order valence-electron chi connectivity index (χ0n) is 3.40.